The summed E-state index contributed by atoms with van der Waals surface area (Å²) in [4.78, 5) is 2.85. The summed E-state index contributed by atoms with van der Waals surface area (Å²) < 4.78 is 0. The molecule has 2 fully saturated rings. The molecule has 0 aromatic rings. The minimum atomic E-state index is 0.727. The molecule has 0 radical (unpaired) electrons. The number of nitrogens with one attached hydrogen (secondary N) is 1. The summed E-state index contributed by atoms with van der Waals surface area (Å²) >= 11 is 0. The molecular formula is C17H34N2. The largest absolute Gasteiger partial charge is 0.311 e. The van der Waals surface area contributed by atoms with Crippen molar-refractivity contribution in [1.82, 2.24) is 10.2 Å². The molecule has 0 amide bonds. The summed E-state index contributed by atoms with van der Waals surface area (Å²) in [6, 6.07) is 2.24. The van der Waals surface area contributed by atoms with E-state index < -0.39 is 0 Å². The average Bonchev–Trinajstić information content (AvgIpc) is 3.23. The van der Waals surface area contributed by atoms with Gasteiger partial charge in [0.2, 0.25) is 0 Å². The van der Waals surface area contributed by atoms with Gasteiger partial charge in [-0.1, -0.05) is 40.5 Å². The van der Waals surface area contributed by atoms with E-state index in [1.807, 2.05) is 0 Å². The zero-order valence-electron chi connectivity index (χ0n) is 13.7. The Labute approximate surface area is 120 Å². The van der Waals surface area contributed by atoms with E-state index in [2.05, 4.69) is 44.8 Å². The smallest absolute Gasteiger partial charge is 0.0247 e. The van der Waals surface area contributed by atoms with E-state index >= 15 is 0 Å². The first kappa shape index (κ1) is 15.3. The maximum atomic E-state index is 3.83. The lowest BCUT2D eigenvalue weighted by atomic mass is 9.88. The molecule has 2 nitrogen and oxygen atoms in total. The fourth-order valence-electron chi connectivity index (χ4n) is 3.96. The predicted molar refractivity (Wildman–Crippen MR) is 83.4 cm³/mol. The van der Waals surface area contributed by atoms with Gasteiger partial charge in [0.15, 0.2) is 0 Å². The highest BCUT2D eigenvalue weighted by Crippen LogP contribution is 2.36. The molecule has 2 rings (SSSR count). The average molecular weight is 266 g/mol. The van der Waals surface area contributed by atoms with Crippen molar-refractivity contribution < 1.29 is 0 Å². The number of hydrogen-bond acceptors (Lipinski definition) is 2. The molecule has 1 heterocycles. The Morgan fingerprint density at radius 2 is 1.74 bits per heavy atom. The lowest BCUT2D eigenvalue weighted by molar-refractivity contribution is 0.0312. The molecule has 1 aliphatic heterocycles. The van der Waals surface area contributed by atoms with Crippen molar-refractivity contribution in [2.75, 3.05) is 13.1 Å². The summed E-state index contributed by atoms with van der Waals surface area (Å²) in [5.41, 5.74) is 0. The molecule has 1 N–H and O–H groups in total. The van der Waals surface area contributed by atoms with Crippen molar-refractivity contribution in [2.45, 2.75) is 78.4 Å². The molecule has 2 aliphatic rings. The highest BCUT2D eigenvalue weighted by molar-refractivity contribution is 4.97. The van der Waals surface area contributed by atoms with E-state index in [0.717, 1.165) is 35.9 Å². The lowest BCUT2D eigenvalue weighted by Gasteiger charge is -2.47. The SMILES string of the molecule is CCC(CC)C(C)N1CC(C2CC2)NCC1C(C)C. The third kappa shape index (κ3) is 3.52. The monoisotopic (exact) mass is 266 g/mol. The van der Waals surface area contributed by atoms with Gasteiger partial charge in [0.1, 0.15) is 0 Å². The van der Waals surface area contributed by atoms with Crippen LogP contribution >= 0.6 is 0 Å². The van der Waals surface area contributed by atoms with Gasteiger partial charge in [-0.05, 0) is 37.5 Å². The van der Waals surface area contributed by atoms with E-state index in [-0.39, 0.29) is 0 Å². The molecule has 3 unspecified atom stereocenters. The van der Waals surface area contributed by atoms with Gasteiger partial charge in [0.25, 0.3) is 0 Å². The minimum absolute atomic E-state index is 0.727. The zero-order chi connectivity index (χ0) is 14.0. The molecule has 1 aliphatic carbocycles. The first-order valence-electron chi connectivity index (χ1n) is 8.57. The molecule has 0 aromatic heterocycles. The Balaban J connectivity index is 2.05. The van der Waals surface area contributed by atoms with Crippen molar-refractivity contribution in [3.63, 3.8) is 0 Å². The Bertz CT molecular complexity index is 268. The highest BCUT2D eigenvalue weighted by atomic mass is 15.3. The van der Waals surface area contributed by atoms with Gasteiger partial charge < -0.3 is 5.32 Å². The van der Waals surface area contributed by atoms with Crippen LogP contribution in [0.15, 0.2) is 0 Å². The van der Waals surface area contributed by atoms with Gasteiger partial charge in [0, 0.05) is 31.2 Å². The standard InChI is InChI=1S/C17H34N2/c1-6-14(7-2)13(5)19-11-16(15-8-9-15)18-10-17(19)12(3)4/h12-18H,6-11H2,1-5H3. The minimum Gasteiger partial charge on any atom is -0.311 e. The van der Waals surface area contributed by atoms with Gasteiger partial charge in [-0.25, -0.2) is 0 Å². The summed E-state index contributed by atoms with van der Waals surface area (Å²) in [6.45, 7) is 14.4. The molecule has 0 aromatic carbocycles. The Morgan fingerprint density at radius 3 is 2.21 bits per heavy atom. The molecule has 0 spiro atoms. The molecular weight excluding hydrogens is 232 g/mol. The van der Waals surface area contributed by atoms with Gasteiger partial charge >= 0.3 is 0 Å². The third-order valence-electron chi connectivity index (χ3n) is 5.64. The van der Waals surface area contributed by atoms with Crippen molar-refractivity contribution in [2.24, 2.45) is 17.8 Å². The first-order valence-corrected chi connectivity index (χ1v) is 8.57. The number of piperazine rings is 1. The van der Waals surface area contributed by atoms with Crippen LogP contribution < -0.4 is 5.32 Å². The molecule has 19 heavy (non-hydrogen) atoms. The number of hydrogen-bond donors (Lipinski definition) is 1. The summed E-state index contributed by atoms with van der Waals surface area (Å²) in [5, 5.41) is 3.83. The summed E-state index contributed by atoms with van der Waals surface area (Å²) in [7, 11) is 0. The highest BCUT2D eigenvalue weighted by Gasteiger charge is 2.40. The number of nitrogens with zero attached hydrogens (tertiary/aromatic N) is 1. The van der Waals surface area contributed by atoms with Crippen LogP contribution in [-0.4, -0.2) is 36.1 Å². The molecule has 3 atom stereocenters. The van der Waals surface area contributed by atoms with Gasteiger partial charge in [-0.15, -0.1) is 0 Å². The predicted octanol–water partition coefficient (Wildman–Crippen LogP) is 3.52. The topological polar surface area (TPSA) is 15.3 Å². The van der Waals surface area contributed by atoms with Crippen molar-refractivity contribution in [1.29, 1.82) is 0 Å². The number of rotatable bonds is 6. The van der Waals surface area contributed by atoms with Crippen LogP contribution in [0, 0.1) is 17.8 Å². The second-order valence-corrected chi connectivity index (χ2v) is 7.18. The van der Waals surface area contributed by atoms with Crippen LogP contribution in [0.3, 0.4) is 0 Å². The van der Waals surface area contributed by atoms with Crippen molar-refractivity contribution in [3.05, 3.63) is 0 Å². The molecule has 112 valence electrons. The van der Waals surface area contributed by atoms with Crippen LogP contribution in [0.5, 0.6) is 0 Å². The second kappa shape index (κ2) is 6.58. The van der Waals surface area contributed by atoms with Gasteiger partial charge in [-0.3, -0.25) is 4.90 Å². The quantitative estimate of drug-likeness (QED) is 0.791. The van der Waals surface area contributed by atoms with E-state index in [0.29, 0.717) is 0 Å². The summed E-state index contributed by atoms with van der Waals surface area (Å²) in [6.07, 6.45) is 5.55. The molecule has 0 bridgehead atoms. The van der Waals surface area contributed by atoms with E-state index in [9.17, 15) is 0 Å². The first-order chi connectivity index (χ1) is 9.08. The molecule has 1 saturated heterocycles. The van der Waals surface area contributed by atoms with Crippen molar-refractivity contribution >= 4 is 0 Å². The Kier molecular flexibility index (Phi) is 5.30. The lowest BCUT2D eigenvalue weighted by Crippen LogP contribution is -2.62. The fourth-order valence-corrected chi connectivity index (χ4v) is 3.96. The van der Waals surface area contributed by atoms with Crippen molar-refractivity contribution in [3.8, 4) is 0 Å². The van der Waals surface area contributed by atoms with Crippen LogP contribution in [0.2, 0.25) is 0 Å². The molecule has 1 saturated carbocycles. The maximum absolute atomic E-state index is 3.83. The van der Waals surface area contributed by atoms with E-state index in [1.54, 1.807) is 0 Å². The Morgan fingerprint density at radius 1 is 1.11 bits per heavy atom. The maximum Gasteiger partial charge on any atom is 0.0247 e. The van der Waals surface area contributed by atoms with Crippen LogP contribution in [-0.2, 0) is 0 Å². The van der Waals surface area contributed by atoms with Crippen LogP contribution in [0.25, 0.3) is 0 Å². The van der Waals surface area contributed by atoms with Crippen LogP contribution in [0.1, 0.15) is 60.3 Å². The fraction of sp³-hybridized carbons (Fsp3) is 1.00. The normalized spacial score (nSPS) is 31.1. The summed E-state index contributed by atoms with van der Waals surface area (Å²) in [5.74, 6) is 2.59. The molecule has 2 heteroatoms. The van der Waals surface area contributed by atoms with Gasteiger partial charge in [0.05, 0.1) is 0 Å². The zero-order valence-corrected chi connectivity index (χ0v) is 13.7. The third-order valence-corrected chi connectivity index (χ3v) is 5.64. The van der Waals surface area contributed by atoms with Crippen LogP contribution in [0.4, 0.5) is 0 Å². The second-order valence-electron chi connectivity index (χ2n) is 7.18. The van der Waals surface area contributed by atoms with E-state index in [1.165, 1.54) is 38.8 Å². The van der Waals surface area contributed by atoms with Gasteiger partial charge in [-0.2, -0.15) is 0 Å². The van der Waals surface area contributed by atoms with E-state index in [4.69, 9.17) is 0 Å². The Hall–Kier alpha value is -0.0800.